The molecule has 1 aromatic heterocycles. The lowest BCUT2D eigenvalue weighted by Gasteiger charge is -2.10. The van der Waals surface area contributed by atoms with Crippen molar-refractivity contribution in [2.45, 2.75) is 52.4 Å². The maximum absolute atomic E-state index is 9.37. The highest BCUT2D eigenvalue weighted by molar-refractivity contribution is 5.80. The number of nitrogens with zero attached hydrogens (tertiary/aromatic N) is 1. The van der Waals surface area contributed by atoms with E-state index in [0.717, 1.165) is 19.5 Å². The number of nitrogens with one attached hydrogen (secondary N) is 1. The summed E-state index contributed by atoms with van der Waals surface area (Å²) in [6, 6.07) is 9.25. The third-order valence-corrected chi connectivity index (χ3v) is 3.34. The van der Waals surface area contributed by atoms with E-state index in [1.807, 2.05) is 6.92 Å². The molecule has 1 aromatic carbocycles. The highest BCUT2D eigenvalue weighted by atomic mass is 16.3. The zero-order chi connectivity index (χ0) is 13.8. The summed E-state index contributed by atoms with van der Waals surface area (Å²) in [6.07, 6.45) is 2.65. The Morgan fingerprint density at radius 3 is 2.68 bits per heavy atom. The van der Waals surface area contributed by atoms with Gasteiger partial charge in [0.05, 0.1) is 6.10 Å². The minimum atomic E-state index is -0.244. The second kappa shape index (κ2) is 6.22. The van der Waals surface area contributed by atoms with Crippen molar-refractivity contribution in [3.05, 3.63) is 36.0 Å². The van der Waals surface area contributed by atoms with E-state index in [0.29, 0.717) is 6.04 Å². The number of hydrogen-bond donors (Lipinski definition) is 2. The van der Waals surface area contributed by atoms with Gasteiger partial charge in [-0.3, -0.25) is 0 Å². The summed E-state index contributed by atoms with van der Waals surface area (Å²) < 4.78 is 2.21. The Bertz CT molecular complexity index is 529. The van der Waals surface area contributed by atoms with E-state index in [4.69, 9.17) is 0 Å². The number of benzene rings is 1. The first-order valence-electron chi connectivity index (χ1n) is 7.05. The highest BCUT2D eigenvalue weighted by Crippen LogP contribution is 2.18. The first-order valence-corrected chi connectivity index (χ1v) is 7.05. The first kappa shape index (κ1) is 14.1. The third-order valence-electron chi connectivity index (χ3n) is 3.34. The summed E-state index contributed by atoms with van der Waals surface area (Å²) in [4.78, 5) is 0. The van der Waals surface area contributed by atoms with E-state index in [2.05, 4.69) is 54.2 Å². The normalized spacial score (nSPS) is 13.3. The minimum Gasteiger partial charge on any atom is -0.393 e. The standard InChI is InChI=1S/C16H24N2O/c1-12(2)17-11-14-4-5-16-15(10-14)7-9-18(16)8-6-13(3)19/h4-5,7,9-10,12-13,17,19H,6,8,11H2,1-3H3. The van der Waals surface area contributed by atoms with Crippen LogP contribution in [0.15, 0.2) is 30.5 Å². The van der Waals surface area contributed by atoms with Crippen molar-refractivity contribution >= 4 is 10.9 Å². The van der Waals surface area contributed by atoms with Gasteiger partial charge in [0.25, 0.3) is 0 Å². The number of rotatable bonds is 6. The maximum atomic E-state index is 9.37. The van der Waals surface area contributed by atoms with Gasteiger partial charge in [0.1, 0.15) is 0 Å². The van der Waals surface area contributed by atoms with E-state index in [1.165, 1.54) is 16.5 Å². The number of hydrogen-bond acceptors (Lipinski definition) is 2. The second-order valence-electron chi connectivity index (χ2n) is 5.58. The van der Waals surface area contributed by atoms with Crippen LogP contribution in [0.1, 0.15) is 32.8 Å². The SMILES string of the molecule is CC(O)CCn1ccc2cc(CNC(C)C)ccc21. The summed E-state index contributed by atoms with van der Waals surface area (Å²) in [5.74, 6) is 0. The molecular weight excluding hydrogens is 236 g/mol. The fraction of sp³-hybridized carbons (Fsp3) is 0.500. The van der Waals surface area contributed by atoms with Gasteiger partial charge in [-0.2, -0.15) is 0 Å². The summed E-state index contributed by atoms with van der Waals surface area (Å²) in [6.45, 7) is 7.93. The highest BCUT2D eigenvalue weighted by Gasteiger charge is 2.04. The molecule has 1 atom stereocenters. The van der Waals surface area contributed by atoms with Gasteiger partial charge in [0, 0.05) is 30.8 Å². The molecule has 1 heterocycles. The lowest BCUT2D eigenvalue weighted by atomic mass is 10.1. The molecule has 2 aromatic rings. The molecule has 0 saturated carbocycles. The summed E-state index contributed by atoms with van der Waals surface area (Å²) in [5, 5.41) is 14.1. The fourth-order valence-corrected chi connectivity index (χ4v) is 2.20. The molecule has 104 valence electrons. The quantitative estimate of drug-likeness (QED) is 0.838. The average Bonchev–Trinajstić information content (AvgIpc) is 2.76. The van der Waals surface area contributed by atoms with Crippen LogP contribution in [0.25, 0.3) is 10.9 Å². The van der Waals surface area contributed by atoms with Gasteiger partial charge < -0.3 is 15.0 Å². The second-order valence-corrected chi connectivity index (χ2v) is 5.58. The number of aromatic nitrogens is 1. The van der Waals surface area contributed by atoms with Crippen molar-refractivity contribution in [1.29, 1.82) is 0 Å². The van der Waals surface area contributed by atoms with Gasteiger partial charge in [-0.1, -0.05) is 19.9 Å². The van der Waals surface area contributed by atoms with Crippen LogP contribution in [-0.4, -0.2) is 21.8 Å². The molecule has 0 amide bonds. The molecule has 2 N–H and O–H groups in total. The van der Waals surface area contributed by atoms with Crippen LogP contribution >= 0.6 is 0 Å². The number of fused-ring (bicyclic) bond motifs is 1. The van der Waals surface area contributed by atoms with E-state index < -0.39 is 0 Å². The van der Waals surface area contributed by atoms with Crippen molar-refractivity contribution in [2.75, 3.05) is 0 Å². The Hall–Kier alpha value is -1.32. The van der Waals surface area contributed by atoms with Crippen LogP contribution in [0.2, 0.25) is 0 Å². The van der Waals surface area contributed by atoms with E-state index in [-0.39, 0.29) is 6.10 Å². The average molecular weight is 260 g/mol. The Labute approximate surface area is 115 Å². The van der Waals surface area contributed by atoms with Crippen molar-refractivity contribution in [1.82, 2.24) is 9.88 Å². The molecular formula is C16H24N2O. The predicted molar refractivity (Wildman–Crippen MR) is 80.2 cm³/mol. The fourth-order valence-electron chi connectivity index (χ4n) is 2.20. The maximum Gasteiger partial charge on any atom is 0.0529 e. The van der Waals surface area contributed by atoms with Gasteiger partial charge in [-0.25, -0.2) is 0 Å². The zero-order valence-corrected chi connectivity index (χ0v) is 12.1. The Balaban J connectivity index is 2.12. The first-order chi connectivity index (χ1) is 9.06. The van der Waals surface area contributed by atoms with Crippen LogP contribution in [0, 0.1) is 0 Å². The minimum absolute atomic E-state index is 0.244. The molecule has 19 heavy (non-hydrogen) atoms. The molecule has 0 spiro atoms. The third kappa shape index (κ3) is 3.82. The van der Waals surface area contributed by atoms with E-state index in [9.17, 15) is 5.11 Å². The van der Waals surface area contributed by atoms with Crippen molar-refractivity contribution in [3.63, 3.8) is 0 Å². The molecule has 3 nitrogen and oxygen atoms in total. The van der Waals surface area contributed by atoms with Gasteiger partial charge in [0.2, 0.25) is 0 Å². The molecule has 3 heteroatoms. The van der Waals surface area contributed by atoms with Crippen LogP contribution in [0.3, 0.4) is 0 Å². The molecule has 0 aliphatic carbocycles. The van der Waals surface area contributed by atoms with Crippen molar-refractivity contribution in [2.24, 2.45) is 0 Å². The van der Waals surface area contributed by atoms with Gasteiger partial charge in [0.15, 0.2) is 0 Å². The molecule has 0 radical (unpaired) electrons. The summed E-state index contributed by atoms with van der Waals surface area (Å²) in [7, 11) is 0. The van der Waals surface area contributed by atoms with Crippen LogP contribution in [0.4, 0.5) is 0 Å². The smallest absolute Gasteiger partial charge is 0.0529 e. The van der Waals surface area contributed by atoms with Gasteiger partial charge in [-0.05, 0) is 42.5 Å². The van der Waals surface area contributed by atoms with Crippen LogP contribution < -0.4 is 5.32 Å². The lowest BCUT2D eigenvalue weighted by molar-refractivity contribution is 0.178. The van der Waals surface area contributed by atoms with E-state index in [1.54, 1.807) is 0 Å². The van der Waals surface area contributed by atoms with E-state index >= 15 is 0 Å². The number of aliphatic hydroxyl groups is 1. The Morgan fingerprint density at radius 2 is 2.00 bits per heavy atom. The van der Waals surface area contributed by atoms with Gasteiger partial charge >= 0.3 is 0 Å². The zero-order valence-electron chi connectivity index (χ0n) is 12.1. The van der Waals surface area contributed by atoms with Crippen molar-refractivity contribution < 1.29 is 5.11 Å². The molecule has 2 rings (SSSR count). The number of aryl methyl sites for hydroxylation is 1. The lowest BCUT2D eigenvalue weighted by Crippen LogP contribution is -2.21. The molecule has 1 unspecified atom stereocenters. The Kier molecular flexibility index (Phi) is 4.61. The Morgan fingerprint density at radius 1 is 1.21 bits per heavy atom. The predicted octanol–water partition coefficient (Wildman–Crippen LogP) is 2.91. The molecule has 0 fully saturated rings. The monoisotopic (exact) mass is 260 g/mol. The summed E-state index contributed by atoms with van der Waals surface area (Å²) in [5.41, 5.74) is 2.56. The van der Waals surface area contributed by atoms with Crippen LogP contribution in [-0.2, 0) is 13.1 Å². The summed E-state index contributed by atoms with van der Waals surface area (Å²) >= 11 is 0. The van der Waals surface area contributed by atoms with Crippen molar-refractivity contribution in [3.8, 4) is 0 Å². The van der Waals surface area contributed by atoms with Gasteiger partial charge in [-0.15, -0.1) is 0 Å². The largest absolute Gasteiger partial charge is 0.393 e. The number of aliphatic hydroxyl groups excluding tert-OH is 1. The molecule has 0 aliphatic heterocycles. The molecule has 0 aliphatic rings. The van der Waals surface area contributed by atoms with Crippen LogP contribution in [0.5, 0.6) is 0 Å². The molecule has 0 saturated heterocycles. The topological polar surface area (TPSA) is 37.2 Å². The molecule has 0 bridgehead atoms.